The minimum Gasteiger partial charge on any atom is -0.477 e. The smallest absolute Gasteiger partial charge is 0.354 e. The molecule has 0 aliphatic rings. The highest BCUT2D eigenvalue weighted by atomic mass is 32.1. The van der Waals surface area contributed by atoms with Crippen LogP contribution in [0.15, 0.2) is 6.20 Å². The molecule has 0 saturated carbocycles. The number of rotatable bonds is 6. The summed E-state index contributed by atoms with van der Waals surface area (Å²) in [6.07, 6.45) is 1.12. The molecule has 2 heterocycles. The third kappa shape index (κ3) is 3.49. The SMILES string of the molecule is CCOC(=O)c1c(NC(=O)c2cnn(C)c2C(=O)O)sc(C(C)=O)c1C. The second-order valence-electron chi connectivity index (χ2n) is 5.33. The Morgan fingerprint density at radius 1 is 1.35 bits per heavy atom. The van der Waals surface area contributed by atoms with E-state index in [1.807, 2.05) is 0 Å². The van der Waals surface area contributed by atoms with E-state index in [-0.39, 0.29) is 34.2 Å². The molecule has 138 valence electrons. The molecule has 2 rings (SSSR count). The zero-order valence-electron chi connectivity index (χ0n) is 14.6. The number of carboxylic acids is 1. The minimum absolute atomic E-state index is 0.0798. The van der Waals surface area contributed by atoms with E-state index in [1.165, 1.54) is 14.0 Å². The number of carbonyl (C=O) groups excluding carboxylic acids is 3. The Kier molecular flexibility index (Phi) is 5.56. The average molecular weight is 379 g/mol. The van der Waals surface area contributed by atoms with Crippen molar-refractivity contribution >= 4 is 40.0 Å². The van der Waals surface area contributed by atoms with Crippen LogP contribution in [0.1, 0.15) is 60.3 Å². The summed E-state index contributed by atoms with van der Waals surface area (Å²) in [5.41, 5.74) is 0.0301. The molecule has 2 N–H and O–H groups in total. The van der Waals surface area contributed by atoms with Gasteiger partial charge in [-0.1, -0.05) is 0 Å². The van der Waals surface area contributed by atoms with E-state index >= 15 is 0 Å². The lowest BCUT2D eigenvalue weighted by molar-refractivity contribution is 0.0526. The van der Waals surface area contributed by atoms with Crippen LogP contribution in [0.4, 0.5) is 5.00 Å². The number of aromatic nitrogens is 2. The fourth-order valence-corrected chi connectivity index (χ4v) is 3.50. The van der Waals surface area contributed by atoms with E-state index in [9.17, 15) is 24.3 Å². The number of carbonyl (C=O) groups is 4. The van der Waals surface area contributed by atoms with Gasteiger partial charge in [-0.05, 0) is 26.3 Å². The van der Waals surface area contributed by atoms with Gasteiger partial charge in [0.1, 0.15) is 5.00 Å². The zero-order valence-corrected chi connectivity index (χ0v) is 15.4. The van der Waals surface area contributed by atoms with Crippen molar-refractivity contribution in [3.05, 3.63) is 33.5 Å². The van der Waals surface area contributed by atoms with Crippen LogP contribution in [0.5, 0.6) is 0 Å². The van der Waals surface area contributed by atoms with Gasteiger partial charge in [-0.25, -0.2) is 9.59 Å². The number of anilines is 1. The highest BCUT2D eigenvalue weighted by molar-refractivity contribution is 7.18. The van der Waals surface area contributed by atoms with E-state index in [0.717, 1.165) is 22.2 Å². The fourth-order valence-electron chi connectivity index (χ4n) is 2.41. The fraction of sp³-hybridized carbons (Fsp3) is 0.312. The van der Waals surface area contributed by atoms with Crippen molar-refractivity contribution in [2.75, 3.05) is 11.9 Å². The maximum Gasteiger partial charge on any atom is 0.354 e. The van der Waals surface area contributed by atoms with Gasteiger partial charge in [0.25, 0.3) is 5.91 Å². The first-order valence-electron chi connectivity index (χ1n) is 7.57. The number of nitrogens with zero attached hydrogens (tertiary/aromatic N) is 2. The number of hydrogen-bond acceptors (Lipinski definition) is 7. The van der Waals surface area contributed by atoms with Crippen LogP contribution in [0.25, 0.3) is 0 Å². The highest BCUT2D eigenvalue weighted by Crippen LogP contribution is 2.34. The predicted molar refractivity (Wildman–Crippen MR) is 93.1 cm³/mol. The number of esters is 1. The first-order valence-corrected chi connectivity index (χ1v) is 8.38. The molecule has 0 aromatic carbocycles. The molecule has 2 aromatic heterocycles. The van der Waals surface area contributed by atoms with Gasteiger partial charge in [-0.3, -0.25) is 14.3 Å². The number of aromatic carboxylic acids is 1. The third-order valence-electron chi connectivity index (χ3n) is 3.56. The van der Waals surface area contributed by atoms with Crippen LogP contribution in [0.2, 0.25) is 0 Å². The molecule has 0 aliphatic carbocycles. The summed E-state index contributed by atoms with van der Waals surface area (Å²) in [5, 5.41) is 15.6. The van der Waals surface area contributed by atoms with E-state index in [0.29, 0.717) is 10.4 Å². The van der Waals surface area contributed by atoms with Gasteiger partial charge in [-0.15, -0.1) is 11.3 Å². The summed E-state index contributed by atoms with van der Waals surface area (Å²) < 4.78 is 6.05. The molecule has 0 unspecified atom stereocenters. The summed E-state index contributed by atoms with van der Waals surface area (Å²) in [6, 6.07) is 0. The van der Waals surface area contributed by atoms with Crippen molar-refractivity contribution in [3.63, 3.8) is 0 Å². The van der Waals surface area contributed by atoms with Gasteiger partial charge < -0.3 is 15.2 Å². The lowest BCUT2D eigenvalue weighted by Crippen LogP contribution is -2.18. The van der Waals surface area contributed by atoms with Crippen molar-refractivity contribution in [3.8, 4) is 0 Å². The van der Waals surface area contributed by atoms with E-state index < -0.39 is 17.8 Å². The molecule has 0 saturated heterocycles. The molecule has 0 fully saturated rings. The predicted octanol–water partition coefficient (Wildman–Crippen LogP) is 2.12. The van der Waals surface area contributed by atoms with Crippen LogP contribution in [0.3, 0.4) is 0 Å². The number of hydrogen-bond donors (Lipinski definition) is 2. The molecular weight excluding hydrogens is 362 g/mol. The van der Waals surface area contributed by atoms with Crippen LogP contribution in [0, 0.1) is 6.92 Å². The molecule has 1 amide bonds. The Labute approximate surface area is 152 Å². The van der Waals surface area contributed by atoms with Crippen LogP contribution < -0.4 is 5.32 Å². The van der Waals surface area contributed by atoms with Crippen molar-refractivity contribution in [1.82, 2.24) is 9.78 Å². The summed E-state index contributed by atoms with van der Waals surface area (Å²) in [5.74, 6) is -3.00. The standard InChI is InChI=1S/C16H17N3O6S/c1-5-25-16(24)10-7(2)12(8(3)20)26-14(10)18-13(21)9-6-17-19(4)11(9)15(22)23/h6H,5H2,1-4H3,(H,18,21)(H,22,23). The lowest BCUT2D eigenvalue weighted by atomic mass is 10.1. The summed E-state index contributed by atoms with van der Waals surface area (Å²) >= 11 is 0.936. The second-order valence-corrected chi connectivity index (χ2v) is 6.35. The average Bonchev–Trinajstić information content (AvgIpc) is 3.08. The molecule has 10 heteroatoms. The Morgan fingerprint density at radius 3 is 2.54 bits per heavy atom. The first kappa shape index (κ1) is 19.3. The summed E-state index contributed by atoms with van der Waals surface area (Å²) in [4.78, 5) is 48.1. The van der Waals surface area contributed by atoms with Gasteiger partial charge in [0.2, 0.25) is 0 Å². The normalized spacial score (nSPS) is 10.5. The van der Waals surface area contributed by atoms with Gasteiger partial charge >= 0.3 is 11.9 Å². The number of carboxylic acid groups (broad SMARTS) is 1. The quantitative estimate of drug-likeness (QED) is 0.581. The van der Waals surface area contributed by atoms with Gasteiger partial charge in [0, 0.05) is 7.05 Å². The maximum atomic E-state index is 12.5. The Balaban J connectivity index is 2.47. The molecule has 26 heavy (non-hydrogen) atoms. The van der Waals surface area contributed by atoms with Crippen molar-refractivity contribution < 1.29 is 29.0 Å². The Morgan fingerprint density at radius 2 is 2.00 bits per heavy atom. The number of amides is 1. The van der Waals surface area contributed by atoms with Crippen molar-refractivity contribution in [1.29, 1.82) is 0 Å². The monoisotopic (exact) mass is 379 g/mol. The van der Waals surface area contributed by atoms with E-state index in [1.54, 1.807) is 13.8 Å². The van der Waals surface area contributed by atoms with Gasteiger partial charge in [0.15, 0.2) is 11.5 Å². The molecule has 2 aromatic rings. The van der Waals surface area contributed by atoms with E-state index in [2.05, 4.69) is 10.4 Å². The largest absolute Gasteiger partial charge is 0.477 e. The number of nitrogens with one attached hydrogen (secondary N) is 1. The number of aryl methyl sites for hydroxylation is 1. The van der Waals surface area contributed by atoms with Gasteiger partial charge in [0.05, 0.1) is 28.8 Å². The van der Waals surface area contributed by atoms with Crippen LogP contribution in [-0.2, 0) is 11.8 Å². The van der Waals surface area contributed by atoms with Crippen LogP contribution >= 0.6 is 11.3 Å². The molecular formula is C16H17N3O6S. The number of ether oxygens (including phenoxy) is 1. The third-order valence-corrected chi connectivity index (χ3v) is 4.87. The Bertz CT molecular complexity index is 911. The van der Waals surface area contributed by atoms with Crippen molar-refractivity contribution in [2.24, 2.45) is 7.05 Å². The maximum absolute atomic E-state index is 12.5. The van der Waals surface area contributed by atoms with Crippen LogP contribution in [-0.4, -0.2) is 45.1 Å². The molecule has 0 bridgehead atoms. The number of thiophene rings is 1. The number of ketones is 1. The molecule has 0 radical (unpaired) electrons. The first-order chi connectivity index (χ1) is 12.2. The molecule has 0 aliphatic heterocycles. The lowest BCUT2D eigenvalue weighted by Gasteiger charge is -2.07. The van der Waals surface area contributed by atoms with Crippen molar-refractivity contribution in [2.45, 2.75) is 20.8 Å². The molecule has 0 spiro atoms. The minimum atomic E-state index is -1.31. The second kappa shape index (κ2) is 7.48. The van der Waals surface area contributed by atoms with E-state index in [4.69, 9.17) is 4.74 Å². The summed E-state index contributed by atoms with van der Waals surface area (Å²) in [6.45, 7) is 4.70. The molecule has 9 nitrogen and oxygen atoms in total. The Hall–Kier alpha value is -3.01. The van der Waals surface area contributed by atoms with Gasteiger partial charge in [-0.2, -0.15) is 5.10 Å². The summed E-state index contributed by atoms with van der Waals surface area (Å²) in [7, 11) is 1.40. The molecule has 0 atom stereocenters. The topological polar surface area (TPSA) is 128 Å². The number of Topliss-reactive ketones (excluding diaryl/α,β-unsaturated/α-hetero) is 1. The highest BCUT2D eigenvalue weighted by Gasteiger charge is 2.27. The zero-order chi connectivity index (χ0) is 19.6.